The highest BCUT2D eigenvalue weighted by Gasteiger charge is 2.27. The molecule has 0 spiro atoms. The first-order chi connectivity index (χ1) is 32.2. The summed E-state index contributed by atoms with van der Waals surface area (Å²) in [7, 11) is 0. The molecule has 0 N–H and O–H groups in total. The van der Waals surface area contributed by atoms with Crippen molar-refractivity contribution < 1.29 is 4.42 Å². The molecule has 0 saturated heterocycles. The van der Waals surface area contributed by atoms with Crippen LogP contribution in [-0.2, 0) is 0 Å². The van der Waals surface area contributed by atoms with E-state index in [1.165, 1.54) is 0 Å². The fraction of sp³-hybridized carbons (Fsp3) is 0. The van der Waals surface area contributed by atoms with Crippen molar-refractivity contribution in [3.05, 3.63) is 230 Å². The molecule has 0 bridgehead atoms. The van der Waals surface area contributed by atoms with E-state index in [1.54, 1.807) is 0 Å². The predicted octanol–water partition coefficient (Wildman–Crippen LogP) is 16.3. The molecule has 13 aromatic rings. The molecule has 302 valence electrons. The van der Waals surface area contributed by atoms with Gasteiger partial charge in [-0.1, -0.05) is 164 Å². The highest BCUT2D eigenvalue weighted by atomic mass is 16.3. The van der Waals surface area contributed by atoms with Gasteiger partial charge in [0.05, 0.1) is 44.4 Å². The molecule has 0 aliphatic heterocycles. The Bertz CT molecular complexity index is 3850. The van der Waals surface area contributed by atoms with Crippen molar-refractivity contribution in [1.82, 2.24) is 9.13 Å². The van der Waals surface area contributed by atoms with Gasteiger partial charge in [-0.3, -0.25) is 0 Å². The second kappa shape index (κ2) is 14.6. The minimum atomic E-state index is 0.550. The first-order valence-electron chi connectivity index (χ1n) is 22.0. The fourth-order valence-corrected chi connectivity index (χ4v) is 10.1. The summed E-state index contributed by atoms with van der Waals surface area (Å²) in [6, 6.07) is 82.0. The zero-order valence-electron chi connectivity index (χ0n) is 35.1. The van der Waals surface area contributed by atoms with Crippen molar-refractivity contribution in [1.29, 1.82) is 5.26 Å². The van der Waals surface area contributed by atoms with Gasteiger partial charge in [0.15, 0.2) is 5.58 Å². The summed E-state index contributed by atoms with van der Waals surface area (Å²) in [5.41, 5.74) is 16.9. The van der Waals surface area contributed by atoms with Gasteiger partial charge in [-0.15, -0.1) is 0 Å². The van der Waals surface area contributed by atoms with Crippen molar-refractivity contribution in [2.75, 3.05) is 0 Å². The number of hydrogen-bond donors (Lipinski definition) is 0. The van der Waals surface area contributed by atoms with Crippen LogP contribution >= 0.6 is 0 Å². The zero-order chi connectivity index (χ0) is 43.0. The SMILES string of the molecule is N#Cc1cc(-n2c3ccc(-c4ccccc4)cc3c3cc(-c4ccccc4)ccc32)c2oc3ccccc3c2c1-n1c2ccc(-c3ccccc3)cc2c2cc(-c3ccccc3)ccc21. The van der Waals surface area contributed by atoms with E-state index in [2.05, 4.69) is 221 Å². The lowest BCUT2D eigenvalue weighted by Crippen LogP contribution is -2.03. The molecule has 0 fully saturated rings. The van der Waals surface area contributed by atoms with Gasteiger partial charge < -0.3 is 13.6 Å². The van der Waals surface area contributed by atoms with Crippen LogP contribution in [0.2, 0.25) is 0 Å². The molecule has 3 heterocycles. The summed E-state index contributed by atoms with van der Waals surface area (Å²) >= 11 is 0. The lowest BCUT2D eigenvalue weighted by molar-refractivity contribution is 0.666. The van der Waals surface area contributed by atoms with E-state index >= 15 is 0 Å². The van der Waals surface area contributed by atoms with Crippen LogP contribution < -0.4 is 0 Å². The molecular formula is C61H37N3O. The van der Waals surface area contributed by atoms with Crippen LogP contribution in [0.5, 0.6) is 0 Å². The summed E-state index contributed by atoms with van der Waals surface area (Å²) in [5, 5.41) is 17.8. The Morgan fingerprint density at radius 2 is 0.708 bits per heavy atom. The van der Waals surface area contributed by atoms with Gasteiger partial charge in [-0.05, 0) is 105 Å². The molecule has 65 heavy (non-hydrogen) atoms. The quantitative estimate of drug-likeness (QED) is 0.168. The second-order valence-corrected chi connectivity index (χ2v) is 16.8. The third-order valence-electron chi connectivity index (χ3n) is 13.1. The average molecular weight is 828 g/mol. The highest BCUT2D eigenvalue weighted by molar-refractivity contribution is 6.19. The largest absolute Gasteiger partial charge is 0.454 e. The van der Waals surface area contributed by atoms with Gasteiger partial charge in [0.25, 0.3) is 0 Å². The van der Waals surface area contributed by atoms with Crippen LogP contribution in [0.25, 0.3) is 121 Å². The van der Waals surface area contributed by atoms with Crippen LogP contribution in [0.3, 0.4) is 0 Å². The van der Waals surface area contributed by atoms with Crippen molar-refractivity contribution >= 4 is 65.6 Å². The van der Waals surface area contributed by atoms with Crippen molar-refractivity contribution in [2.45, 2.75) is 0 Å². The predicted molar refractivity (Wildman–Crippen MR) is 269 cm³/mol. The second-order valence-electron chi connectivity index (χ2n) is 16.8. The van der Waals surface area contributed by atoms with E-state index in [0.717, 1.165) is 121 Å². The maximum atomic E-state index is 11.5. The van der Waals surface area contributed by atoms with Crippen molar-refractivity contribution in [3.63, 3.8) is 0 Å². The van der Waals surface area contributed by atoms with Gasteiger partial charge in [-0.2, -0.15) is 5.26 Å². The average Bonchev–Trinajstić information content (AvgIpc) is 4.04. The Labute approximate surface area is 374 Å². The highest BCUT2D eigenvalue weighted by Crippen LogP contribution is 2.46. The van der Waals surface area contributed by atoms with Gasteiger partial charge in [0, 0.05) is 26.9 Å². The van der Waals surface area contributed by atoms with Crippen molar-refractivity contribution in [2.24, 2.45) is 0 Å². The molecule has 0 aliphatic carbocycles. The molecule has 0 atom stereocenters. The van der Waals surface area contributed by atoms with Gasteiger partial charge in [-0.25, -0.2) is 0 Å². The number of para-hydroxylation sites is 1. The van der Waals surface area contributed by atoms with E-state index in [0.29, 0.717) is 5.56 Å². The minimum absolute atomic E-state index is 0.550. The number of aromatic nitrogens is 2. The molecule has 10 aromatic carbocycles. The zero-order valence-corrected chi connectivity index (χ0v) is 35.1. The van der Waals surface area contributed by atoms with Gasteiger partial charge >= 0.3 is 0 Å². The van der Waals surface area contributed by atoms with Crippen LogP contribution in [0.4, 0.5) is 0 Å². The third-order valence-corrected chi connectivity index (χ3v) is 13.1. The molecule has 0 aliphatic rings. The lowest BCUT2D eigenvalue weighted by Gasteiger charge is -2.16. The Balaban J connectivity index is 1.13. The number of nitriles is 1. The van der Waals surface area contributed by atoms with Crippen LogP contribution in [-0.4, -0.2) is 9.13 Å². The van der Waals surface area contributed by atoms with Crippen molar-refractivity contribution in [3.8, 4) is 62.0 Å². The molecule has 13 rings (SSSR count). The Hall–Kier alpha value is -8.91. The summed E-state index contributed by atoms with van der Waals surface area (Å²) in [5.74, 6) is 0. The molecule has 0 unspecified atom stereocenters. The molecular weight excluding hydrogens is 791 g/mol. The molecule has 4 nitrogen and oxygen atoms in total. The summed E-state index contributed by atoms with van der Waals surface area (Å²) in [6.45, 7) is 0. The molecule has 0 radical (unpaired) electrons. The topological polar surface area (TPSA) is 46.8 Å². The monoisotopic (exact) mass is 827 g/mol. The number of hydrogen-bond acceptors (Lipinski definition) is 2. The summed E-state index contributed by atoms with van der Waals surface area (Å²) in [4.78, 5) is 0. The normalized spacial score (nSPS) is 11.7. The van der Waals surface area contributed by atoms with E-state index in [-0.39, 0.29) is 0 Å². The number of furan rings is 1. The summed E-state index contributed by atoms with van der Waals surface area (Å²) < 4.78 is 11.7. The lowest BCUT2D eigenvalue weighted by atomic mass is 10.0. The number of rotatable bonds is 6. The molecule has 4 heteroatoms. The molecule has 0 amide bonds. The number of fused-ring (bicyclic) bond motifs is 9. The molecule has 0 saturated carbocycles. The smallest absolute Gasteiger partial charge is 0.161 e. The fourth-order valence-electron chi connectivity index (χ4n) is 10.1. The van der Waals surface area contributed by atoms with E-state index in [1.807, 2.05) is 18.2 Å². The first-order valence-corrected chi connectivity index (χ1v) is 22.0. The number of benzene rings is 10. The van der Waals surface area contributed by atoms with E-state index in [9.17, 15) is 5.26 Å². The minimum Gasteiger partial charge on any atom is -0.454 e. The Kier molecular flexibility index (Phi) is 8.24. The first kappa shape index (κ1) is 36.7. The van der Waals surface area contributed by atoms with E-state index < -0.39 is 0 Å². The Morgan fingerprint density at radius 3 is 1.11 bits per heavy atom. The van der Waals surface area contributed by atoms with Gasteiger partial charge in [0.2, 0.25) is 0 Å². The van der Waals surface area contributed by atoms with E-state index in [4.69, 9.17) is 4.42 Å². The molecule has 3 aromatic heterocycles. The maximum Gasteiger partial charge on any atom is 0.161 e. The maximum absolute atomic E-state index is 11.5. The standard InChI is InChI=1S/C61H37N3O/c62-38-47-37-57(63-53-29-25-43(39-15-5-1-6-16-39)33-49(53)50-34-44(26-30-54(50)63)40-17-7-2-8-18-40)61-59(48-23-13-14-24-58(48)65-61)60(47)64-55-31-27-45(41-19-9-3-10-20-41)35-51(55)52-36-46(28-32-56(52)64)42-21-11-4-12-22-42/h1-37H. The summed E-state index contributed by atoms with van der Waals surface area (Å²) in [6.07, 6.45) is 0. The van der Waals surface area contributed by atoms with Crippen LogP contribution in [0.15, 0.2) is 229 Å². The Morgan fingerprint density at radius 1 is 0.338 bits per heavy atom. The third kappa shape index (κ3) is 5.77. The van der Waals surface area contributed by atoms with Crippen LogP contribution in [0.1, 0.15) is 5.56 Å². The van der Waals surface area contributed by atoms with Crippen LogP contribution in [0, 0.1) is 11.3 Å². The van der Waals surface area contributed by atoms with Gasteiger partial charge in [0.1, 0.15) is 11.7 Å². The number of nitrogens with zero attached hydrogens (tertiary/aromatic N) is 3.